The van der Waals surface area contributed by atoms with Gasteiger partial charge in [0.15, 0.2) is 6.61 Å². The topological polar surface area (TPSA) is 44.8 Å². The molecule has 12 heteroatoms. The smallest absolute Gasteiger partial charge is 0.469 e. The third-order valence-corrected chi connectivity index (χ3v) is 3.42. The summed E-state index contributed by atoms with van der Waals surface area (Å²) in [5, 5.41) is 0. The van der Waals surface area contributed by atoms with Gasteiger partial charge in [0.2, 0.25) is 4.38 Å². The first-order valence-corrected chi connectivity index (χ1v) is 7.70. The van der Waals surface area contributed by atoms with E-state index in [9.17, 15) is 31.1 Å². The highest BCUT2D eigenvalue weighted by molar-refractivity contribution is 8.23. The maximum Gasteiger partial charge on any atom is 0.573 e. The minimum Gasteiger partial charge on any atom is -0.469 e. The number of benzene rings is 1. The summed E-state index contributed by atoms with van der Waals surface area (Å²) in [6.45, 7) is -1.79. The van der Waals surface area contributed by atoms with Crippen LogP contribution in [-0.2, 0) is 20.9 Å². The second kappa shape index (κ2) is 9.13. The summed E-state index contributed by atoms with van der Waals surface area (Å²) in [6, 6.07) is 4.62. The molecule has 0 radical (unpaired) electrons. The number of carbonyl (C=O) groups is 1. The number of ether oxygens (including phenoxy) is 3. The molecule has 0 aliphatic rings. The third kappa shape index (κ3) is 10.7. The Morgan fingerprint density at radius 3 is 2.16 bits per heavy atom. The predicted octanol–water partition coefficient (Wildman–Crippen LogP) is 4.23. The minimum absolute atomic E-state index is 0.234. The van der Waals surface area contributed by atoms with E-state index >= 15 is 0 Å². The van der Waals surface area contributed by atoms with Gasteiger partial charge in [-0.25, -0.2) is 0 Å². The predicted molar refractivity (Wildman–Crippen MR) is 80.0 cm³/mol. The second-order valence-corrected chi connectivity index (χ2v) is 5.87. The molecule has 0 atom stereocenters. The van der Waals surface area contributed by atoms with E-state index in [1.165, 1.54) is 12.1 Å². The fraction of sp³-hybridized carbons (Fsp3) is 0.385. The van der Waals surface area contributed by atoms with E-state index in [-0.39, 0.29) is 12.4 Å². The number of carbonyl (C=O) groups excluding carboxylic acids is 1. The number of thiocarbonyl (C=S) groups is 1. The maximum absolute atomic E-state index is 12.0. The molecule has 1 rings (SSSR count). The van der Waals surface area contributed by atoms with Crippen molar-refractivity contribution >= 4 is 34.3 Å². The average molecular weight is 408 g/mol. The lowest BCUT2D eigenvalue weighted by Crippen LogP contribution is -2.19. The number of alkyl halides is 6. The minimum atomic E-state index is -4.81. The van der Waals surface area contributed by atoms with Crippen LogP contribution in [0.15, 0.2) is 24.3 Å². The largest absolute Gasteiger partial charge is 0.573 e. The first kappa shape index (κ1) is 21.4. The molecule has 1 aromatic rings. The van der Waals surface area contributed by atoms with Crippen LogP contribution in [0.1, 0.15) is 5.56 Å². The zero-order valence-corrected chi connectivity index (χ0v) is 13.8. The van der Waals surface area contributed by atoms with Crippen LogP contribution in [0.5, 0.6) is 5.75 Å². The van der Waals surface area contributed by atoms with E-state index < -0.39 is 35.2 Å². The Kier molecular flexibility index (Phi) is 7.80. The first-order chi connectivity index (χ1) is 11.4. The molecule has 0 bridgehead atoms. The van der Waals surface area contributed by atoms with Crippen LogP contribution in [0.4, 0.5) is 26.3 Å². The highest BCUT2D eigenvalue weighted by Gasteiger charge is 2.31. The highest BCUT2D eigenvalue weighted by Crippen LogP contribution is 2.23. The molecule has 0 fully saturated rings. The van der Waals surface area contributed by atoms with E-state index in [2.05, 4.69) is 21.7 Å². The van der Waals surface area contributed by atoms with Crippen molar-refractivity contribution in [1.29, 1.82) is 0 Å². The van der Waals surface area contributed by atoms with Gasteiger partial charge in [-0.1, -0.05) is 23.9 Å². The van der Waals surface area contributed by atoms with Crippen molar-refractivity contribution in [3.8, 4) is 5.75 Å². The van der Waals surface area contributed by atoms with Gasteiger partial charge in [0, 0.05) is 0 Å². The van der Waals surface area contributed by atoms with Crippen LogP contribution in [0.3, 0.4) is 0 Å². The summed E-state index contributed by atoms with van der Waals surface area (Å²) in [6.07, 6.45) is -9.34. The quantitative estimate of drug-likeness (QED) is 0.399. The number of esters is 1. The fourth-order valence-corrected chi connectivity index (χ4v) is 1.99. The summed E-state index contributed by atoms with van der Waals surface area (Å²) >= 11 is 5.06. The molecule has 140 valence electrons. The van der Waals surface area contributed by atoms with Crippen LogP contribution in [-0.4, -0.2) is 35.3 Å². The molecule has 0 N–H and O–H groups in total. The zero-order chi connectivity index (χ0) is 19.1. The molecule has 0 aliphatic carbocycles. The monoisotopic (exact) mass is 408 g/mol. The summed E-state index contributed by atoms with van der Waals surface area (Å²) in [5.74, 6) is -1.57. The SMILES string of the molecule is O=C(CSC(=S)OCC(F)(F)F)OCc1ccc(OC(F)(F)F)cc1. The van der Waals surface area contributed by atoms with Gasteiger partial charge >= 0.3 is 18.5 Å². The van der Waals surface area contributed by atoms with Crippen LogP contribution in [0.2, 0.25) is 0 Å². The number of hydrogen-bond donors (Lipinski definition) is 0. The zero-order valence-electron chi connectivity index (χ0n) is 12.1. The fourth-order valence-electron chi connectivity index (χ4n) is 1.29. The Bertz CT molecular complexity index is 586. The van der Waals surface area contributed by atoms with Gasteiger partial charge in [0.1, 0.15) is 12.4 Å². The first-order valence-electron chi connectivity index (χ1n) is 6.31. The average Bonchev–Trinajstić information content (AvgIpc) is 2.48. The highest BCUT2D eigenvalue weighted by atomic mass is 32.2. The lowest BCUT2D eigenvalue weighted by molar-refractivity contribution is -0.274. The standard InChI is InChI=1S/C13H10F6O4S2/c14-12(15,16)7-22-11(24)25-6-10(20)21-5-8-1-3-9(4-2-8)23-13(17,18)19/h1-4H,5-7H2. The van der Waals surface area contributed by atoms with E-state index in [4.69, 9.17) is 4.74 Å². The summed E-state index contributed by atoms with van der Waals surface area (Å²) in [7, 11) is 0. The Morgan fingerprint density at radius 2 is 1.64 bits per heavy atom. The van der Waals surface area contributed by atoms with E-state index in [0.29, 0.717) is 17.3 Å². The number of hydrogen-bond acceptors (Lipinski definition) is 6. The van der Waals surface area contributed by atoms with Crippen LogP contribution in [0, 0.1) is 0 Å². The van der Waals surface area contributed by atoms with Crippen molar-refractivity contribution in [3.63, 3.8) is 0 Å². The molecule has 0 heterocycles. The van der Waals surface area contributed by atoms with E-state index in [1.54, 1.807) is 0 Å². The van der Waals surface area contributed by atoms with Crippen molar-refractivity contribution in [2.45, 2.75) is 19.1 Å². The lowest BCUT2D eigenvalue weighted by Gasteiger charge is -2.10. The van der Waals surface area contributed by atoms with Gasteiger partial charge < -0.3 is 14.2 Å². The van der Waals surface area contributed by atoms with Gasteiger partial charge in [0.05, 0.1) is 5.75 Å². The van der Waals surface area contributed by atoms with Crippen molar-refractivity contribution in [1.82, 2.24) is 0 Å². The maximum atomic E-state index is 12.0. The molecule has 0 aromatic heterocycles. The molecule has 0 spiro atoms. The van der Waals surface area contributed by atoms with Crippen molar-refractivity contribution in [2.24, 2.45) is 0 Å². The third-order valence-electron chi connectivity index (χ3n) is 2.22. The molecule has 0 saturated carbocycles. The summed E-state index contributed by atoms with van der Waals surface area (Å²) in [5.41, 5.74) is 0.392. The number of rotatable bonds is 6. The molecule has 25 heavy (non-hydrogen) atoms. The summed E-state index contributed by atoms with van der Waals surface area (Å²) < 4.78 is 83.9. The van der Waals surface area contributed by atoms with Gasteiger partial charge in [0.25, 0.3) is 0 Å². The lowest BCUT2D eigenvalue weighted by atomic mass is 10.2. The number of halogens is 6. The van der Waals surface area contributed by atoms with Gasteiger partial charge in [-0.3, -0.25) is 4.79 Å². The Hall–Kier alpha value is -1.69. The van der Waals surface area contributed by atoms with Crippen molar-refractivity contribution in [2.75, 3.05) is 12.4 Å². The Labute approximate surface area is 147 Å². The molecule has 0 saturated heterocycles. The van der Waals surface area contributed by atoms with E-state index in [1.807, 2.05) is 0 Å². The molecule has 1 aromatic carbocycles. The normalized spacial score (nSPS) is 11.8. The van der Waals surface area contributed by atoms with Crippen molar-refractivity contribution in [3.05, 3.63) is 29.8 Å². The van der Waals surface area contributed by atoms with Gasteiger partial charge in [-0.15, -0.1) is 13.2 Å². The second-order valence-electron chi connectivity index (χ2n) is 4.29. The Morgan fingerprint density at radius 1 is 1.04 bits per heavy atom. The Balaban J connectivity index is 2.31. The van der Waals surface area contributed by atoms with Crippen LogP contribution in [0.25, 0.3) is 0 Å². The van der Waals surface area contributed by atoms with Crippen LogP contribution < -0.4 is 4.74 Å². The summed E-state index contributed by atoms with van der Waals surface area (Å²) in [4.78, 5) is 11.4. The van der Waals surface area contributed by atoms with Gasteiger partial charge in [-0.2, -0.15) is 13.2 Å². The molecule has 4 nitrogen and oxygen atoms in total. The molecule has 0 aliphatic heterocycles. The molecular weight excluding hydrogens is 398 g/mol. The van der Waals surface area contributed by atoms with Gasteiger partial charge in [-0.05, 0) is 29.9 Å². The number of thioether (sulfide) groups is 1. The van der Waals surface area contributed by atoms with E-state index in [0.717, 1.165) is 12.1 Å². The molecule has 0 amide bonds. The molecular formula is C13H10F6O4S2. The molecule has 0 unspecified atom stereocenters. The van der Waals surface area contributed by atoms with Crippen LogP contribution >= 0.6 is 24.0 Å². The van der Waals surface area contributed by atoms with Crippen molar-refractivity contribution < 1.29 is 45.3 Å².